The highest BCUT2D eigenvalue weighted by molar-refractivity contribution is 5.77. The number of nitrogen functional groups attached to an aromatic ring is 1. The molecule has 0 aliphatic carbocycles. The highest BCUT2D eigenvalue weighted by atomic mass is 16.5. The van der Waals surface area contributed by atoms with E-state index in [2.05, 4.69) is 5.32 Å². The summed E-state index contributed by atoms with van der Waals surface area (Å²) in [5.41, 5.74) is 7.28. The first-order valence-corrected chi connectivity index (χ1v) is 5.38. The fourth-order valence-electron chi connectivity index (χ4n) is 1.25. The van der Waals surface area contributed by atoms with Crippen molar-refractivity contribution in [2.24, 2.45) is 0 Å². The number of carbonyl (C=O) groups excluding carboxylic acids is 1. The zero-order chi connectivity index (χ0) is 12.7. The van der Waals surface area contributed by atoms with Gasteiger partial charge in [0, 0.05) is 13.7 Å². The van der Waals surface area contributed by atoms with Gasteiger partial charge in [-0.1, -0.05) is 6.07 Å². The van der Waals surface area contributed by atoms with Gasteiger partial charge < -0.3 is 20.5 Å². The van der Waals surface area contributed by atoms with Gasteiger partial charge in [-0.05, 0) is 24.6 Å². The molecule has 0 radical (unpaired) electrons. The van der Waals surface area contributed by atoms with Gasteiger partial charge in [-0.25, -0.2) is 0 Å². The summed E-state index contributed by atoms with van der Waals surface area (Å²) in [6.07, 6.45) is 0. The number of methoxy groups -OCH3 is 1. The molecule has 1 aromatic carbocycles. The Balaban J connectivity index is 2.39. The van der Waals surface area contributed by atoms with Crippen molar-refractivity contribution in [1.82, 2.24) is 5.32 Å². The molecule has 0 aliphatic rings. The summed E-state index contributed by atoms with van der Waals surface area (Å²) in [6, 6.07) is 5.45. The second-order valence-electron chi connectivity index (χ2n) is 3.67. The summed E-state index contributed by atoms with van der Waals surface area (Å²) in [5, 5.41) is 2.66. The molecule has 0 saturated carbocycles. The fourth-order valence-corrected chi connectivity index (χ4v) is 1.25. The van der Waals surface area contributed by atoms with E-state index in [1.807, 2.05) is 13.0 Å². The first kappa shape index (κ1) is 13.3. The molecule has 0 heterocycles. The molecular weight excluding hydrogens is 220 g/mol. The molecular formula is C12H18N2O3. The van der Waals surface area contributed by atoms with Crippen LogP contribution in [0.5, 0.6) is 5.75 Å². The molecule has 0 aliphatic heterocycles. The molecule has 0 aromatic heterocycles. The third-order valence-corrected chi connectivity index (χ3v) is 2.16. The van der Waals surface area contributed by atoms with E-state index in [0.29, 0.717) is 24.6 Å². The van der Waals surface area contributed by atoms with E-state index < -0.39 is 0 Å². The molecule has 0 atom stereocenters. The van der Waals surface area contributed by atoms with Gasteiger partial charge in [0.1, 0.15) is 5.75 Å². The van der Waals surface area contributed by atoms with Crippen LogP contribution in [0.1, 0.15) is 5.56 Å². The highest BCUT2D eigenvalue weighted by Crippen LogP contribution is 2.21. The van der Waals surface area contributed by atoms with Crippen LogP contribution in [-0.2, 0) is 9.53 Å². The second-order valence-corrected chi connectivity index (χ2v) is 3.67. The van der Waals surface area contributed by atoms with Crippen molar-refractivity contribution in [3.8, 4) is 5.75 Å². The largest absolute Gasteiger partial charge is 0.482 e. The van der Waals surface area contributed by atoms with Crippen LogP contribution < -0.4 is 15.8 Å². The lowest BCUT2D eigenvalue weighted by atomic mass is 10.2. The molecule has 5 heteroatoms. The normalized spacial score (nSPS) is 10.0. The average molecular weight is 238 g/mol. The number of benzene rings is 1. The minimum Gasteiger partial charge on any atom is -0.482 e. The number of hydrogen-bond donors (Lipinski definition) is 2. The zero-order valence-electron chi connectivity index (χ0n) is 10.2. The van der Waals surface area contributed by atoms with Gasteiger partial charge in [-0.15, -0.1) is 0 Å². The van der Waals surface area contributed by atoms with E-state index in [1.165, 1.54) is 0 Å². The monoisotopic (exact) mass is 238 g/mol. The summed E-state index contributed by atoms with van der Waals surface area (Å²) in [7, 11) is 1.58. The Morgan fingerprint density at radius 1 is 1.47 bits per heavy atom. The molecule has 94 valence electrons. The number of carbonyl (C=O) groups is 1. The van der Waals surface area contributed by atoms with Crippen LogP contribution in [-0.4, -0.2) is 32.8 Å². The molecule has 1 rings (SSSR count). The Bertz CT molecular complexity index is 380. The van der Waals surface area contributed by atoms with Gasteiger partial charge in [0.15, 0.2) is 6.61 Å². The lowest BCUT2D eigenvalue weighted by molar-refractivity contribution is -0.123. The third-order valence-electron chi connectivity index (χ3n) is 2.16. The van der Waals surface area contributed by atoms with E-state index in [0.717, 1.165) is 5.56 Å². The molecule has 3 N–H and O–H groups in total. The van der Waals surface area contributed by atoms with Gasteiger partial charge in [-0.2, -0.15) is 0 Å². The number of anilines is 1. The van der Waals surface area contributed by atoms with Crippen LogP contribution in [0.4, 0.5) is 5.69 Å². The molecule has 0 unspecified atom stereocenters. The van der Waals surface area contributed by atoms with Crippen molar-refractivity contribution < 1.29 is 14.3 Å². The van der Waals surface area contributed by atoms with Crippen molar-refractivity contribution in [2.75, 3.05) is 32.6 Å². The molecule has 17 heavy (non-hydrogen) atoms. The number of nitrogens with one attached hydrogen (secondary N) is 1. The second kappa shape index (κ2) is 6.75. The van der Waals surface area contributed by atoms with Crippen LogP contribution >= 0.6 is 0 Å². The van der Waals surface area contributed by atoms with Gasteiger partial charge in [-0.3, -0.25) is 4.79 Å². The Morgan fingerprint density at radius 3 is 2.94 bits per heavy atom. The van der Waals surface area contributed by atoms with E-state index in [4.69, 9.17) is 15.2 Å². The molecule has 1 aromatic rings. The van der Waals surface area contributed by atoms with Crippen LogP contribution in [0.25, 0.3) is 0 Å². The maximum absolute atomic E-state index is 11.4. The van der Waals surface area contributed by atoms with Crippen molar-refractivity contribution in [2.45, 2.75) is 6.92 Å². The molecule has 1 amide bonds. The number of nitrogens with two attached hydrogens (primary N) is 1. The number of ether oxygens (including phenoxy) is 2. The Morgan fingerprint density at radius 2 is 2.24 bits per heavy atom. The van der Waals surface area contributed by atoms with Gasteiger partial charge >= 0.3 is 0 Å². The minimum absolute atomic E-state index is 0.0443. The van der Waals surface area contributed by atoms with Gasteiger partial charge in [0.2, 0.25) is 0 Å². The first-order chi connectivity index (χ1) is 8.13. The predicted octanol–water partition coefficient (Wildman–Crippen LogP) is 0.719. The van der Waals surface area contributed by atoms with Crippen molar-refractivity contribution in [1.29, 1.82) is 0 Å². The summed E-state index contributed by atoms with van der Waals surface area (Å²) in [4.78, 5) is 11.4. The summed E-state index contributed by atoms with van der Waals surface area (Å²) < 4.78 is 10.1. The van der Waals surface area contributed by atoms with E-state index in [9.17, 15) is 4.79 Å². The summed E-state index contributed by atoms with van der Waals surface area (Å²) in [6.45, 7) is 2.85. The Kier molecular flexibility index (Phi) is 5.29. The average Bonchev–Trinajstić information content (AvgIpc) is 2.31. The van der Waals surface area contributed by atoms with Gasteiger partial charge in [0.05, 0.1) is 12.3 Å². The Labute approximate surface area is 101 Å². The topological polar surface area (TPSA) is 73.6 Å². The van der Waals surface area contributed by atoms with Crippen LogP contribution in [0.2, 0.25) is 0 Å². The third kappa shape index (κ3) is 4.74. The number of amides is 1. The number of rotatable bonds is 6. The summed E-state index contributed by atoms with van der Waals surface area (Å²) in [5.74, 6) is 0.342. The van der Waals surface area contributed by atoms with E-state index in [1.54, 1.807) is 19.2 Å². The maximum atomic E-state index is 11.4. The number of aryl methyl sites for hydroxylation is 1. The van der Waals surface area contributed by atoms with Crippen LogP contribution in [0.15, 0.2) is 18.2 Å². The van der Waals surface area contributed by atoms with Crippen molar-refractivity contribution in [3.05, 3.63) is 23.8 Å². The van der Waals surface area contributed by atoms with Crippen molar-refractivity contribution in [3.63, 3.8) is 0 Å². The van der Waals surface area contributed by atoms with Crippen LogP contribution in [0.3, 0.4) is 0 Å². The molecule has 0 saturated heterocycles. The lowest BCUT2D eigenvalue weighted by Gasteiger charge is -2.09. The van der Waals surface area contributed by atoms with Gasteiger partial charge in [0.25, 0.3) is 5.91 Å². The molecule has 0 bridgehead atoms. The van der Waals surface area contributed by atoms with E-state index >= 15 is 0 Å². The van der Waals surface area contributed by atoms with Crippen molar-refractivity contribution >= 4 is 11.6 Å². The fraction of sp³-hybridized carbons (Fsp3) is 0.417. The molecule has 5 nitrogen and oxygen atoms in total. The lowest BCUT2D eigenvalue weighted by Crippen LogP contribution is -2.31. The summed E-state index contributed by atoms with van der Waals surface area (Å²) >= 11 is 0. The zero-order valence-corrected chi connectivity index (χ0v) is 10.2. The standard InChI is InChI=1S/C12H18N2O3/c1-9-3-4-10(13)11(7-9)17-8-12(15)14-5-6-16-2/h3-4,7H,5-6,8,13H2,1-2H3,(H,14,15). The quantitative estimate of drug-likeness (QED) is 0.565. The molecule has 0 fully saturated rings. The van der Waals surface area contributed by atoms with E-state index in [-0.39, 0.29) is 12.5 Å². The minimum atomic E-state index is -0.192. The maximum Gasteiger partial charge on any atom is 0.258 e. The SMILES string of the molecule is COCCNC(=O)COc1cc(C)ccc1N. The Hall–Kier alpha value is -1.75. The predicted molar refractivity (Wildman–Crippen MR) is 66.0 cm³/mol. The highest BCUT2D eigenvalue weighted by Gasteiger charge is 2.04. The first-order valence-electron chi connectivity index (χ1n) is 5.38. The smallest absolute Gasteiger partial charge is 0.258 e. The molecule has 0 spiro atoms. The van der Waals surface area contributed by atoms with Crippen LogP contribution in [0, 0.1) is 6.92 Å². The number of hydrogen-bond acceptors (Lipinski definition) is 4.